The van der Waals surface area contributed by atoms with Crippen LogP contribution in [0.15, 0.2) is 49.1 Å². The highest BCUT2D eigenvalue weighted by Crippen LogP contribution is 2.08. The van der Waals surface area contributed by atoms with Gasteiger partial charge in [0.15, 0.2) is 0 Å². The minimum absolute atomic E-state index is 0.176. The Morgan fingerprint density at radius 2 is 2.00 bits per heavy atom. The fourth-order valence-corrected chi connectivity index (χ4v) is 1.24. The van der Waals surface area contributed by atoms with E-state index in [1.807, 2.05) is 48.6 Å². The van der Waals surface area contributed by atoms with E-state index in [1.54, 1.807) is 0 Å². The van der Waals surface area contributed by atoms with Crippen molar-refractivity contribution in [2.24, 2.45) is 5.92 Å². The van der Waals surface area contributed by atoms with Crippen LogP contribution in [0.3, 0.4) is 0 Å². The average Bonchev–Trinajstić information content (AvgIpc) is 2.25. The zero-order chi connectivity index (χ0) is 10.2. The number of hydrogen-bond donors (Lipinski definition) is 1. The number of rotatable bonds is 5. The Balaban J connectivity index is 2.57. The molecule has 1 aromatic rings. The molecule has 0 spiro atoms. The highest BCUT2D eigenvalue weighted by Gasteiger charge is 1.98. The van der Waals surface area contributed by atoms with Crippen LogP contribution < -0.4 is 0 Å². The average molecular weight is 188 g/mol. The summed E-state index contributed by atoms with van der Waals surface area (Å²) in [4.78, 5) is 0. The van der Waals surface area contributed by atoms with Crippen LogP contribution in [0.25, 0.3) is 6.08 Å². The highest BCUT2D eigenvalue weighted by molar-refractivity contribution is 5.48. The van der Waals surface area contributed by atoms with Crippen LogP contribution in [-0.2, 0) is 0 Å². The maximum absolute atomic E-state index is 9.04. The second kappa shape index (κ2) is 6.17. The van der Waals surface area contributed by atoms with E-state index in [4.69, 9.17) is 5.11 Å². The third kappa shape index (κ3) is 3.58. The van der Waals surface area contributed by atoms with E-state index < -0.39 is 0 Å². The van der Waals surface area contributed by atoms with Crippen LogP contribution in [0, 0.1) is 5.92 Å². The molecule has 0 radical (unpaired) electrons. The maximum Gasteiger partial charge on any atom is 0.0496 e. The molecule has 0 aliphatic carbocycles. The lowest BCUT2D eigenvalue weighted by atomic mass is 10.0. The van der Waals surface area contributed by atoms with Crippen LogP contribution in [0.4, 0.5) is 0 Å². The molecule has 0 saturated carbocycles. The molecule has 0 aliphatic rings. The van der Waals surface area contributed by atoms with Crippen LogP contribution in [0.2, 0.25) is 0 Å². The van der Waals surface area contributed by atoms with Crippen molar-refractivity contribution in [3.05, 3.63) is 54.6 Å². The van der Waals surface area contributed by atoms with Gasteiger partial charge in [-0.15, -0.1) is 6.58 Å². The van der Waals surface area contributed by atoms with E-state index in [0.717, 1.165) is 12.0 Å². The fourth-order valence-electron chi connectivity index (χ4n) is 1.24. The summed E-state index contributed by atoms with van der Waals surface area (Å²) in [6.07, 6.45) is 6.71. The summed E-state index contributed by atoms with van der Waals surface area (Å²) in [6, 6.07) is 10.1. The van der Waals surface area contributed by atoms with Gasteiger partial charge in [-0.1, -0.05) is 48.6 Å². The largest absolute Gasteiger partial charge is 0.396 e. The zero-order valence-corrected chi connectivity index (χ0v) is 8.26. The van der Waals surface area contributed by atoms with Gasteiger partial charge in [-0.3, -0.25) is 0 Å². The van der Waals surface area contributed by atoms with Crippen molar-refractivity contribution in [3.8, 4) is 0 Å². The van der Waals surface area contributed by atoms with Gasteiger partial charge >= 0.3 is 0 Å². The Labute approximate surface area is 85.4 Å². The number of allylic oxidation sites excluding steroid dienone is 1. The lowest BCUT2D eigenvalue weighted by Gasteiger charge is -2.04. The first-order valence-corrected chi connectivity index (χ1v) is 4.82. The highest BCUT2D eigenvalue weighted by atomic mass is 16.3. The summed E-state index contributed by atoms with van der Waals surface area (Å²) in [6.45, 7) is 3.83. The minimum Gasteiger partial charge on any atom is -0.396 e. The summed E-state index contributed by atoms with van der Waals surface area (Å²) in [5, 5.41) is 9.04. The topological polar surface area (TPSA) is 20.2 Å². The van der Waals surface area contributed by atoms with Crippen molar-refractivity contribution in [2.45, 2.75) is 6.42 Å². The van der Waals surface area contributed by atoms with E-state index in [9.17, 15) is 0 Å². The second-order valence-electron chi connectivity index (χ2n) is 3.24. The molecule has 0 aromatic heterocycles. The van der Waals surface area contributed by atoms with Gasteiger partial charge in [0.2, 0.25) is 0 Å². The Morgan fingerprint density at radius 1 is 1.29 bits per heavy atom. The minimum atomic E-state index is 0.176. The molecule has 1 heteroatoms. The summed E-state index contributed by atoms with van der Waals surface area (Å²) < 4.78 is 0. The van der Waals surface area contributed by atoms with Crippen molar-refractivity contribution in [2.75, 3.05) is 6.61 Å². The van der Waals surface area contributed by atoms with Crippen LogP contribution in [0.5, 0.6) is 0 Å². The van der Waals surface area contributed by atoms with Crippen molar-refractivity contribution in [1.29, 1.82) is 0 Å². The van der Waals surface area contributed by atoms with Gasteiger partial charge in [0.05, 0.1) is 0 Å². The van der Waals surface area contributed by atoms with E-state index in [2.05, 4.69) is 6.58 Å². The lowest BCUT2D eigenvalue weighted by Crippen LogP contribution is -1.99. The standard InChI is InChI=1S/C13H16O/c1-2-6-13(11-14)10-9-12-7-4-3-5-8-12/h2-5,7-10,13-14H,1,6,11H2/b10-9+. The van der Waals surface area contributed by atoms with E-state index in [-0.39, 0.29) is 12.5 Å². The molecule has 1 aromatic carbocycles. The fraction of sp³-hybridized carbons (Fsp3) is 0.231. The molecular formula is C13H16O. The molecule has 74 valence electrons. The van der Waals surface area contributed by atoms with Gasteiger partial charge in [0.1, 0.15) is 0 Å². The second-order valence-corrected chi connectivity index (χ2v) is 3.24. The Hall–Kier alpha value is -1.34. The van der Waals surface area contributed by atoms with Gasteiger partial charge in [-0.25, -0.2) is 0 Å². The SMILES string of the molecule is C=CCC(/C=C/c1ccccc1)CO. The molecule has 1 unspecified atom stereocenters. The van der Waals surface area contributed by atoms with Crippen LogP contribution in [-0.4, -0.2) is 11.7 Å². The predicted molar refractivity (Wildman–Crippen MR) is 60.9 cm³/mol. The smallest absolute Gasteiger partial charge is 0.0496 e. The van der Waals surface area contributed by atoms with Gasteiger partial charge in [-0.2, -0.15) is 0 Å². The van der Waals surface area contributed by atoms with Crippen LogP contribution >= 0.6 is 0 Å². The van der Waals surface area contributed by atoms with E-state index in [0.29, 0.717) is 0 Å². The summed E-state index contributed by atoms with van der Waals surface area (Å²) >= 11 is 0. The van der Waals surface area contributed by atoms with Crippen molar-refractivity contribution in [3.63, 3.8) is 0 Å². The van der Waals surface area contributed by atoms with Crippen LogP contribution in [0.1, 0.15) is 12.0 Å². The van der Waals surface area contributed by atoms with E-state index >= 15 is 0 Å². The Kier molecular flexibility index (Phi) is 4.73. The monoisotopic (exact) mass is 188 g/mol. The quantitative estimate of drug-likeness (QED) is 0.704. The Morgan fingerprint density at radius 3 is 2.57 bits per heavy atom. The Bertz CT molecular complexity index is 287. The van der Waals surface area contributed by atoms with Gasteiger partial charge in [0, 0.05) is 12.5 Å². The molecule has 14 heavy (non-hydrogen) atoms. The normalized spacial score (nSPS) is 12.9. The molecule has 0 bridgehead atoms. The van der Waals surface area contributed by atoms with Gasteiger partial charge in [-0.05, 0) is 12.0 Å². The number of benzene rings is 1. The molecule has 1 nitrogen and oxygen atoms in total. The predicted octanol–water partition coefficient (Wildman–Crippen LogP) is 2.88. The lowest BCUT2D eigenvalue weighted by molar-refractivity contribution is 0.254. The molecule has 1 atom stereocenters. The van der Waals surface area contributed by atoms with Gasteiger partial charge < -0.3 is 5.11 Å². The van der Waals surface area contributed by atoms with E-state index in [1.165, 1.54) is 0 Å². The molecule has 0 amide bonds. The zero-order valence-electron chi connectivity index (χ0n) is 8.26. The number of aliphatic hydroxyl groups excluding tert-OH is 1. The summed E-state index contributed by atoms with van der Waals surface area (Å²) in [5.41, 5.74) is 1.16. The molecule has 1 rings (SSSR count). The summed E-state index contributed by atoms with van der Waals surface area (Å²) in [7, 11) is 0. The molecule has 0 aliphatic heterocycles. The first-order valence-electron chi connectivity index (χ1n) is 4.82. The third-order valence-corrected chi connectivity index (χ3v) is 2.06. The molecule has 1 N–H and O–H groups in total. The molecular weight excluding hydrogens is 172 g/mol. The maximum atomic E-state index is 9.04. The molecule has 0 fully saturated rings. The van der Waals surface area contributed by atoms with Crippen molar-refractivity contribution >= 4 is 6.08 Å². The molecule has 0 heterocycles. The van der Waals surface area contributed by atoms with Crippen molar-refractivity contribution in [1.82, 2.24) is 0 Å². The first-order chi connectivity index (χ1) is 6.86. The first kappa shape index (κ1) is 10.7. The third-order valence-electron chi connectivity index (χ3n) is 2.06. The van der Waals surface area contributed by atoms with Gasteiger partial charge in [0.25, 0.3) is 0 Å². The summed E-state index contributed by atoms with van der Waals surface area (Å²) in [5.74, 6) is 0.188. The number of aliphatic hydroxyl groups is 1. The number of hydrogen-bond acceptors (Lipinski definition) is 1. The van der Waals surface area contributed by atoms with Crippen molar-refractivity contribution < 1.29 is 5.11 Å². The molecule has 0 saturated heterocycles.